The van der Waals surface area contributed by atoms with E-state index in [0.717, 1.165) is 0 Å². The van der Waals surface area contributed by atoms with Crippen LogP contribution in [0.2, 0.25) is 0 Å². The van der Waals surface area contributed by atoms with E-state index in [9.17, 15) is 76.1 Å². The van der Waals surface area contributed by atoms with Gasteiger partial charge in [0.2, 0.25) is 0 Å². The molecule has 3 rings (SSSR count). The van der Waals surface area contributed by atoms with Crippen molar-refractivity contribution in [2.75, 3.05) is 5.01 Å². The molecule has 0 fully saturated rings. The molecule has 238 valence electrons. The molecule has 1 heterocycles. The molecule has 2 aromatic rings. The van der Waals surface area contributed by atoms with Crippen LogP contribution in [0.25, 0.3) is 0 Å². The summed E-state index contributed by atoms with van der Waals surface area (Å²) in [4.78, 5) is 0. The quantitative estimate of drug-likeness (QED) is 0.349. The summed E-state index contributed by atoms with van der Waals surface area (Å²) in [7, 11) is 0. The number of hydrogen-bond acceptors (Lipinski definition) is 6. The molecular weight excluding hydrogens is 649 g/mol. The second-order valence-corrected chi connectivity index (χ2v) is 8.83. The Hall–Kier alpha value is -4.24. The van der Waals surface area contributed by atoms with E-state index < -0.39 is 104 Å². The Kier molecular flexibility index (Phi) is 8.35. The van der Waals surface area contributed by atoms with Crippen molar-refractivity contribution < 1.29 is 76.1 Å². The normalized spacial score (nSPS) is 19.0. The number of rotatable bonds is 3. The highest BCUT2D eigenvalue weighted by Crippen LogP contribution is 2.47. The summed E-state index contributed by atoms with van der Waals surface area (Å²) in [6, 6.07) is -0.0717. The summed E-state index contributed by atoms with van der Waals surface area (Å²) in [6.07, 6.45) is -35.3. The van der Waals surface area contributed by atoms with Gasteiger partial charge in [0.05, 0.1) is 51.1 Å². The fraction of sp³-hybridized carbons (Fsp3) is 0.348. The third kappa shape index (κ3) is 6.33. The molecule has 21 heteroatoms. The summed E-state index contributed by atoms with van der Waals surface area (Å²) in [5, 5.41) is 41.2. The van der Waals surface area contributed by atoms with E-state index in [-0.39, 0.29) is 24.3 Å². The van der Waals surface area contributed by atoms with Crippen LogP contribution in [0.15, 0.2) is 29.4 Å². The fourth-order valence-corrected chi connectivity index (χ4v) is 4.24. The number of aliphatic hydroxyl groups excluding tert-OH is 2. The highest BCUT2D eigenvalue weighted by atomic mass is 19.4. The lowest BCUT2D eigenvalue weighted by atomic mass is 9.86. The van der Waals surface area contributed by atoms with Gasteiger partial charge in [-0.25, -0.2) is 5.01 Å². The first-order valence-electron chi connectivity index (χ1n) is 11.0. The van der Waals surface area contributed by atoms with Crippen molar-refractivity contribution in [1.29, 1.82) is 10.5 Å². The Bertz CT molecular complexity index is 1500. The van der Waals surface area contributed by atoms with Gasteiger partial charge >= 0.3 is 30.9 Å². The Labute approximate surface area is 233 Å². The molecule has 0 saturated heterocycles. The Morgan fingerprint density at radius 3 is 1.27 bits per heavy atom. The maximum atomic E-state index is 13.9. The molecule has 0 bridgehead atoms. The van der Waals surface area contributed by atoms with Gasteiger partial charge < -0.3 is 10.2 Å². The van der Waals surface area contributed by atoms with Gasteiger partial charge in [-0.2, -0.15) is 81.5 Å². The summed E-state index contributed by atoms with van der Waals surface area (Å²) in [5.41, 5.74) is -19.2. The lowest BCUT2D eigenvalue weighted by molar-refractivity contribution is -0.145. The van der Waals surface area contributed by atoms with Crippen LogP contribution in [0, 0.1) is 28.6 Å². The van der Waals surface area contributed by atoms with Gasteiger partial charge in [0.15, 0.2) is 11.9 Å². The van der Waals surface area contributed by atoms with Crippen molar-refractivity contribution in [3.8, 4) is 12.1 Å². The highest BCUT2D eigenvalue weighted by molar-refractivity contribution is 5.96. The summed E-state index contributed by atoms with van der Waals surface area (Å²) >= 11 is 0. The zero-order valence-electron chi connectivity index (χ0n) is 20.4. The molecule has 6 nitrogen and oxygen atoms in total. The molecule has 0 radical (unpaired) electrons. The van der Waals surface area contributed by atoms with Gasteiger partial charge in [-0.05, 0) is 29.8 Å². The molecule has 3 atom stereocenters. The smallest absolute Gasteiger partial charge is 0.388 e. The van der Waals surface area contributed by atoms with Gasteiger partial charge in [-0.1, -0.05) is 0 Å². The molecule has 0 saturated carbocycles. The zero-order valence-corrected chi connectivity index (χ0v) is 20.4. The van der Waals surface area contributed by atoms with Crippen LogP contribution in [-0.4, -0.2) is 28.3 Å². The van der Waals surface area contributed by atoms with Crippen molar-refractivity contribution in [2.45, 2.75) is 43.2 Å². The lowest BCUT2D eigenvalue weighted by Crippen LogP contribution is -2.40. The van der Waals surface area contributed by atoms with Gasteiger partial charge in [0.1, 0.15) is 12.1 Å². The first-order valence-corrected chi connectivity index (χ1v) is 11.0. The topological polar surface area (TPSA) is 104 Å². The minimum absolute atomic E-state index is 0.325. The number of hydrogen-bond donors (Lipinski definition) is 2. The number of anilines is 1. The van der Waals surface area contributed by atoms with Crippen LogP contribution in [-0.2, 0) is 24.7 Å². The average molecular weight is 658 g/mol. The van der Waals surface area contributed by atoms with Crippen molar-refractivity contribution in [2.24, 2.45) is 11.0 Å². The first-order chi connectivity index (χ1) is 19.7. The summed E-state index contributed by atoms with van der Waals surface area (Å²) in [6.45, 7) is 0. The minimum atomic E-state index is -5.85. The maximum absolute atomic E-state index is 13.9. The largest absolute Gasteiger partial charge is 0.431 e. The number of halogens is 15. The van der Waals surface area contributed by atoms with E-state index in [4.69, 9.17) is 10.5 Å². The summed E-state index contributed by atoms with van der Waals surface area (Å²) < 4.78 is 204. The maximum Gasteiger partial charge on any atom is 0.431 e. The lowest BCUT2D eigenvalue weighted by Gasteiger charge is -2.29. The number of nitrogens with zero attached hydrogens (tertiary/aromatic N) is 4. The second kappa shape index (κ2) is 10.7. The number of nitriles is 2. The standard InChI is InChI=1S/C23H9F15N4O2/c24-19(25,26)11-1-7(2-12(9(11)5-39)20(27,28)29)16(43)15-17(23(36,37)38)41-42(18(15)44)8-3-13(21(30,31)32)10(6-40)14(4-8)22(33,34)35/h1-4,15-16,18,43-44H. The molecule has 0 aromatic heterocycles. The molecule has 1 aliphatic rings. The molecular formula is C23H9F15N4O2. The molecule has 1 aliphatic heterocycles. The molecule has 2 aromatic carbocycles. The molecule has 0 spiro atoms. The zero-order chi connectivity index (χ0) is 34.0. The van der Waals surface area contributed by atoms with Crippen molar-refractivity contribution in [3.05, 3.63) is 63.2 Å². The molecule has 0 aliphatic carbocycles. The fourth-order valence-electron chi connectivity index (χ4n) is 4.24. The molecule has 3 unspecified atom stereocenters. The highest BCUT2D eigenvalue weighted by Gasteiger charge is 2.54. The van der Waals surface area contributed by atoms with Crippen LogP contribution >= 0.6 is 0 Å². The molecule has 2 N–H and O–H groups in total. The summed E-state index contributed by atoms with van der Waals surface area (Å²) in [5.74, 6) is -3.15. The number of hydrazone groups is 1. The SMILES string of the molecule is N#Cc1c(C(F)(F)F)cc(C(O)C2C(C(F)(F)F)=NN(c3cc(C(F)(F)F)c(C#N)c(C(F)(F)F)c3)C2O)cc1C(F)(F)F. The Morgan fingerprint density at radius 1 is 0.636 bits per heavy atom. The average Bonchev–Trinajstić information content (AvgIpc) is 3.21. The number of benzene rings is 2. The van der Waals surface area contributed by atoms with Crippen molar-refractivity contribution in [1.82, 2.24) is 0 Å². The van der Waals surface area contributed by atoms with Gasteiger partial charge in [-0.3, -0.25) is 0 Å². The molecule has 0 amide bonds. The van der Waals surface area contributed by atoms with Crippen LogP contribution in [0.3, 0.4) is 0 Å². The monoisotopic (exact) mass is 658 g/mol. The van der Waals surface area contributed by atoms with Crippen molar-refractivity contribution >= 4 is 11.4 Å². The van der Waals surface area contributed by atoms with Gasteiger partial charge in [0, 0.05) is 0 Å². The van der Waals surface area contributed by atoms with E-state index in [0.29, 0.717) is 12.1 Å². The van der Waals surface area contributed by atoms with E-state index in [1.165, 1.54) is 0 Å². The van der Waals surface area contributed by atoms with Crippen LogP contribution < -0.4 is 5.01 Å². The van der Waals surface area contributed by atoms with Crippen molar-refractivity contribution in [3.63, 3.8) is 0 Å². The van der Waals surface area contributed by atoms with Crippen LogP contribution in [0.4, 0.5) is 71.5 Å². The van der Waals surface area contributed by atoms with E-state index in [2.05, 4.69) is 5.10 Å². The second-order valence-electron chi connectivity index (χ2n) is 8.83. The third-order valence-corrected chi connectivity index (χ3v) is 6.07. The van der Waals surface area contributed by atoms with Gasteiger partial charge in [0.25, 0.3) is 0 Å². The number of aliphatic hydroxyl groups is 2. The molecule has 44 heavy (non-hydrogen) atoms. The Morgan fingerprint density at radius 2 is 0.977 bits per heavy atom. The third-order valence-electron chi connectivity index (χ3n) is 6.07. The van der Waals surface area contributed by atoms with Crippen LogP contribution in [0.5, 0.6) is 0 Å². The van der Waals surface area contributed by atoms with Crippen LogP contribution in [0.1, 0.15) is 45.0 Å². The Balaban J connectivity index is 2.31. The van der Waals surface area contributed by atoms with E-state index in [1.807, 2.05) is 0 Å². The first kappa shape index (κ1) is 34.3. The minimum Gasteiger partial charge on any atom is -0.388 e. The van der Waals surface area contributed by atoms with E-state index in [1.54, 1.807) is 0 Å². The predicted molar refractivity (Wildman–Crippen MR) is 113 cm³/mol. The van der Waals surface area contributed by atoms with Gasteiger partial charge in [-0.15, -0.1) is 0 Å². The number of alkyl halides is 15. The predicted octanol–water partition coefficient (Wildman–Crippen LogP) is 6.91. The van der Waals surface area contributed by atoms with E-state index >= 15 is 0 Å².